The number of likely N-dealkylation sites (tertiary alicyclic amines) is 2. The van der Waals surface area contributed by atoms with Crippen LogP contribution in [0.3, 0.4) is 0 Å². The third-order valence-corrected chi connectivity index (χ3v) is 5.80. The fourth-order valence-corrected chi connectivity index (χ4v) is 4.63. The van der Waals surface area contributed by atoms with E-state index in [1.54, 1.807) is 0 Å². The van der Waals surface area contributed by atoms with Gasteiger partial charge >= 0.3 is 0 Å². The second-order valence-corrected chi connectivity index (χ2v) is 7.42. The number of hydrogen-bond donors (Lipinski definition) is 1. The van der Waals surface area contributed by atoms with Crippen molar-refractivity contribution in [2.24, 2.45) is 0 Å². The predicted octanol–water partition coefficient (Wildman–Crippen LogP) is 0.545. The summed E-state index contributed by atoms with van der Waals surface area (Å²) in [6, 6.07) is 0.790. The van der Waals surface area contributed by atoms with E-state index < -0.39 is 0 Å². The second-order valence-electron chi connectivity index (χ2n) is 7.42. The molecule has 0 unspecified atom stereocenters. The first-order valence-corrected chi connectivity index (χ1v) is 9.70. The van der Waals surface area contributed by atoms with Gasteiger partial charge in [0.1, 0.15) is 0 Å². The minimum atomic E-state index is -0.319. The summed E-state index contributed by atoms with van der Waals surface area (Å²) in [5.41, 5.74) is 0. The lowest BCUT2D eigenvalue weighted by Gasteiger charge is -2.36. The molecule has 0 aromatic rings. The largest absolute Gasteiger partial charge is 0.390 e. The third kappa shape index (κ3) is 4.28. The van der Waals surface area contributed by atoms with Crippen molar-refractivity contribution >= 4 is 5.91 Å². The molecule has 3 rings (SSSR count). The summed E-state index contributed by atoms with van der Waals surface area (Å²) < 4.78 is 5.37. The lowest BCUT2D eigenvalue weighted by molar-refractivity contribution is -0.132. The van der Waals surface area contributed by atoms with Crippen molar-refractivity contribution in [2.75, 3.05) is 52.5 Å². The van der Waals surface area contributed by atoms with Crippen molar-refractivity contribution in [3.8, 4) is 0 Å². The quantitative estimate of drug-likeness (QED) is 0.766. The fraction of sp³-hybridized carbons (Fsp3) is 0.944. The van der Waals surface area contributed by atoms with E-state index >= 15 is 0 Å². The topological polar surface area (TPSA) is 56.2 Å². The number of aliphatic hydroxyl groups excluding tert-OH is 1. The smallest absolute Gasteiger partial charge is 0.222 e. The van der Waals surface area contributed by atoms with Crippen molar-refractivity contribution in [2.45, 2.75) is 57.2 Å². The number of amides is 1. The molecule has 0 bridgehead atoms. The zero-order valence-electron chi connectivity index (χ0n) is 15.0. The van der Waals surface area contributed by atoms with Crippen LogP contribution >= 0.6 is 0 Å². The first-order chi connectivity index (χ1) is 11.7. The lowest BCUT2D eigenvalue weighted by atomic mass is 10.0. The van der Waals surface area contributed by atoms with Crippen LogP contribution in [0.15, 0.2) is 0 Å². The van der Waals surface area contributed by atoms with Crippen LogP contribution in [0.4, 0.5) is 0 Å². The van der Waals surface area contributed by atoms with Crippen LogP contribution in [-0.4, -0.2) is 96.4 Å². The molecule has 3 saturated heterocycles. The summed E-state index contributed by atoms with van der Waals surface area (Å²) in [4.78, 5) is 19.1. The van der Waals surface area contributed by atoms with E-state index in [1.165, 1.54) is 6.42 Å². The Balaban J connectivity index is 1.53. The van der Waals surface area contributed by atoms with E-state index in [0.29, 0.717) is 24.4 Å². The summed E-state index contributed by atoms with van der Waals surface area (Å²) in [6.45, 7) is 8.76. The molecule has 1 N–H and O–H groups in total. The molecule has 1 amide bonds. The van der Waals surface area contributed by atoms with Gasteiger partial charge in [-0.1, -0.05) is 6.92 Å². The van der Waals surface area contributed by atoms with E-state index in [0.717, 1.165) is 71.7 Å². The maximum atomic E-state index is 12.2. The van der Waals surface area contributed by atoms with Gasteiger partial charge in [0.15, 0.2) is 0 Å². The average Bonchev–Trinajstić information content (AvgIpc) is 3.23. The van der Waals surface area contributed by atoms with Gasteiger partial charge in [-0.3, -0.25) is 14.6 Å². The Kier molecular flexibility index (Phi) is 6.49. The zero-order chi connectivity index (χ0) is 16.9. The van der Waals surface area contributed by atoms with Gasteiger partial charge in [0, 0.05) is 51.2 Å². The van der Waals surface area contributed by atoms with Crippen molar-refractivity contribution < 1.29 is 14.6 Å². The minimum Gasteiger partial charge on any atom is -0.390 e. The Morgan fingerprint density at radius 1 is 1.08 bits per heavy atom. The van der Waals surface area contributed by atoms with Crippen molar-refractivity contribution in [3.63, 3.8) is 0 Å². The first kappa shape index (κ1) is 18.1. The summed E-state index contributed by atoms with van der Waals surface area (Å²) >= 11 is 0. The minimum absolute atomic E-state index is 0.290. The molecule has 24 heavy (non-hydrogen) atoms. The molecule has 0 spiro atoms. The van der Waals surface area contributed by atoms with Crippen LogP contribution in [0.2, 0.25) is 0 Å². The normalized spacial score (nSPS) is 30.8. The summed E-state index contributed by atoms with van der Waals surface area (Å²) in [5, 5.41) is 10.5. The maximum absolute atomic E-state index is 12.2. The molecule has 3 fully saturated rings. The summed E-state index contributed by atoms with van der Waals surface area (Å²) in [5.74, 6) is 0.290. The highest BCUT2D eigenvalue weighted by molar-refractivity contribution is 5.76. The van der Waals surface area contributed by atoms with Gasteiger partial charge in [0.25, 0.3) is 0 Å². The van der Waals surface area contributed by atoms with E-state index in [-0.39, 0.29) is 6.10 Å². The number of β-amino-alcohol motifs (C(OH)–C–C–N with tert-alkyl or cyclic N) is 1. The number of ether oxygens (including phenoxy) is 1. The Hall–Kier alpha value is -0.690. The lowest BCUT2D eigenvalue weighted by Crippen LogP contribution is -2.51. The number of morpholine rings is 1. The molecule has 0 saturated carbocycles. The van der Waals surface area contributed by atoms with Gasteiger partial charge in [-0.15, -0.1) is 0 Å². The van der Waals surface area contributed by atoms with Crippen LogP contribution in [-0.2, 0) is 9.53 Å². The van der Waals surface area contributed by atoms with E-state index in [9.17, 15) is 9.90 Å². The highest BCUT2D eigenvalue weighted by Crippen LogP contribution is 2.30. The second kappa shape index (κ2) is 8.61. The molecule has 3 heterocycles. The number of hydrogen-bond acceptors (Lipinski definition) is 5. The van der Waals surface area contributed by atoms with Gasteiger partial charge in [-0.2, -0.15) is 0 Å². The highest BCUT2D eigenvalue weighted by Gasteiger charge is 2.39. The maximum Gasteiger partial charge on any atom is 0.222 e. The van der Waals surface area contributed by atoms with Crippen molar-refractivity contribution in [1.82, 2.24) is 14.7 Å². The zero-order valence-corrected chi connectivity index (χ0v) is 15.0. The van der Waals surface area contributed by atoms with Crippen LogP contribution in [0.25, 0.3) is 0 Å². The van der Waals surface area contributed by atoms with E-state index in [4.69, 9.17) is 4.74 Å². The molecule has 6 nitrogen and oxygen atoms in total. The summed E-state index contributed by atoms with van der Waals surface area (Å²) in [7, 11) is 0. The van der Waals surface area contributed by atoms with Crippen LogP contribution in [0.5, 0.6) is 0 Å². The highest BCUT2D eigenvalue weighted by atomic mass is 16.5. The number of carbonyl (C=O) groups is 1. The Morgan fingerprint density at radius 2 is 1.79 bits per heavy atom. The molecule has 3 aliphatic rings. The van der Waals surface area contributed by atoms with Crippen LogP contribution < -0.4 is 0 Å². The molecule has 0 aromatic carbocycles. The molecule has 0 aliphatic carbocycles. The van der Waals surface area contributed by atoms with E-state index in [2.05, 4.69) is 14.7 Å². The molecule has 0 aromatic heterocycles. The van der Waals surface area contributed by atoms with Gasteiger partial charge in [-0.25, -0.2) is 0 Å². The fourth-order valence-electron chi connectivity index (χ4n) is 4.63. The molecule has 6 heteroatoms. The molecular formula is C18H33N3O3. The third-order valence-electron chi connectivity index (χ3n) is 5.80. The molecule has 3 atom stereocenters. The number of aliphatic hydroxyl groups is 1. The monoisotopic (exact) mass is 339 g/mol. The Labute approximate surface area is 145 Å². The van der Waals surface area contributed by atoms with Crippen molar-refractivity contribution in [1.29, 1.82) is 0 Å². The SMILES string of the molecule is CCC(=O)N1CCC[C@@H]1[C@@H]1CCCN1C[C@@H](O)CN1CCOCC1. The van der Waals surface area contributed by atoms with Crippen molar-refractivity contribution in [3.05, 3.63) is 0 Å². The molecule has 0 radical (unpaired) electrons. The Bertz CT molecular complexity index is 414. The standard InChI is InChI=1S/C18H33N3O3/c1-2-18(23)21-8-4-6-17(21)16-5-3-7-20(16)14-15(22)13-19-9-11-24-12-10-19/h15-17,22H,2-14H2,1H3/t15-,16-,17+/m0/s1. The summed E-state index contributed by atoms with van der Waals surface area (Å²) in [6.07, 6.45) is 4.86. The van der Waals surface area contributed by atoms with E-state index in [1.807, 2.05) is 6.92 Å². The van der Waals surface area contributed by atoms with Crippen LogP contribution in [0.1, 0.15) is 39.0 Å². The van der Waals surface area contributed by atoms with Gasteiger partial charge in [0.2, 0.25) is 5.91 Å². The Morgan fingerprint density at radius 3 is 2.54 bits per heavy atom. The average molecular weight is 339 g/mol. The molecular weight excluding hydrogens is 306 g/mol. The molecule has 138 valence electrons. The first-order valence-electron chi connectivity index (χ1n) is 9.70. The van der Waals surface area contributed by atoms with Gasteiger partial charge in [0.05, 0.1) is 19.3 Å². The number of carbonyl (C=O) groups excluding carboxylic acids is 1. The number of nitrogens with zero attached hydrogens (tertiary/aromatic N) is 3. The van der Waals surface area contributed by atoms with Gasteiger partial charge in [-0.05, 0) is 32.2 Å². The van der Waals surface area contributed by atoms with Crippen LogP contribution in [0, 0.1) is 0 Å². The molecule has 3 aliphatic heterocycles. The number of rotatable bonds is 6. The van der Waals surface area contributed by atoms with Gasteiger partial charge < -0.3 is 14.7 Å². The predicted molar refractivity (Wildman–Crippen MR) is 92.9 cm³/mol.